The average molecular weight is 219 g/mol. The third-order valence-electron chi connectivity index (χ3n) is 1.06. The number of nitrogens with zero attached hydrogens (tertiary/aromatic N) is 4. The van der Waals surface area contributed by atoms with Crippen molar-refractivity contribution in [1.29, 1.82) is 0 Å². The Balaban J connectivity index is 2.89. The van der Waals surface area contributed by atoms with Gasteiger partial charge in [0.25, 0.3) is 5.95 Å². The molecule has 1 heterocycles. The summed E-state index contributed by atoms with van der Waals surface area (Å²) in [5.74, 6) is 0.256. The molecule has 0 aliphatic rings. The molecule has 1 rings (SSSR count). The Morgan fingerprint density at radius 1 is 1.31 bits per heavy atom. The number of hydrogen-bond donors (Lipinski definition) is 0. The van der Waals surface area contributed by atoms with Gasteiger partial charge in [0.05, 0.1) is 6.34 Å². The third-order valence-corrected chi connectivity index (χ3v) is 1.44. The first-order valence-electron chi connectivity index (χ1n) is 3.48. The maximum atomic E-state index is 5.64. The average Bonchev–Trinajstić information content (AvgIpc) is 1.99. The molecule has 1 aromatic rings. The first-order valence-corrected chi connectivity index (χ1v) is 4.24. The van der Waals surface area contributed by atoms with E-state index in [0.29, 0.717) is 0 Å². The molecular weight excluding hydrogens is 211 g/mol. The Morgan fingerprint density at radius 3 is 2.31 bits per heavy atom. The van der Waals surface area contributed by atoms with Crippen LogP contribution < -0.4 is 0 Å². The van der Waals surface area contributed by atoms with Crippen molar-refractivity contribution in [3.8, 4) is 0 Å². The molecule has 0 aromatic carbocycles. The van der Waals surface area contributed by atoms with E-state index in [1.54, 1.807) is 11.2 Å². The number of aliphatic imine (C=N–C) groups is 1. The molecule has 0 N–H and O–H groups in total. The van der Waals surface area contributed by atoms with Gasteiger partial charge >= 0.3 is 0 Å². The minimum absolute atomic E-state index is 0.256. The SMILES string of the molecule is CN(C)C=Nc1nc(Cl)cc(Cl)n1. The van der Waals surface area contributed by atoms with Crippen molar-refractivity contribution in [2.24, 2.45) is 4.99 Å². The first kappa shape index (κ1) is 10.2. The predicted molar refractivity (Wildman–Crippen MR) is 53.9 cm³/mol. The second-order valence-electron chi connectivity index (χ2n) is 2.52. The minimum atomic E-state index is 0.256. The zero-order chi connectivity index (χ0) is 9.84. The Morgan fingerprint density at radius 2 is 1.85 bits per heavy atom. The van der Waals surface area contributed by atoms with E-state index in [-0.39, 0.29) is 16.3 Å². The molecule has 70 valence electrons. The summed E-state index contributed by atoms with van der Waals surface area (Å²) >= 11 is 11.3. The molecule has 0 spiro atoms. The number of rotatable bonds is 2. The van der Waals surface area contributed by atoms with Gasteiger partial charge in [-0.05, 0) is 0 Å². The summed E-state index contributed by atoms with van der Waals surface area (Å²) < 4.78 is 0. The van der Waals surface area contributed by atoms with Gasteiger partial charge in [0.1, 0.15) is 10.3 Å². The normalized spacial score (nSPS) is 10.8. The van der Waals surface area contributed by atoms with Gasteiger partial charge in [-0.15, -0.1) is 0 Å². The molecule has 0 fully saturated rings. The molecule has 6 heteroatoms. The second-order valence-corrected chi connectivity index (χ2v) is 3.30. The van der Waals surface area contributed by atoms with Crippen LogP contribution in [0.5, 0.6) is 0 Å². The van der Waals surface area contributed by atoms with Crippen LogP contribution in [0.3, 0.4) is 0 Å². The summed E-state index contributed by atoms with van der Waals surface area (Å²) in [6.07, 6.45) is 1.57. The lowest BCUT2D eigenvalue weighted by Crippen LogP contribution is -2.07. The minimum Gasteiger partial charge on any atom is -0.369 e. The van der Waals surface area contributed by atoms with Crippen LogP contribution in [-0.2, 0) is 0 Å². The summed E-state index contributed by atoms with van der Waals surface area (Å²) in [6.45, 7) is 0. The highest BCUT2D eigenvalue weighted by atomic mass is 35.5. The maximum absolute atomic E-state index is 5.64. The highest BCUT2D eigenvalue weighted by Gasteiger charge is 1.98. The lowest BCUT2D eigenvalue weighted by Gasteiger charge is -2.01. The van der Waals surface area contributed by atoms with Crippen LogP contribution in [0.15, 0.2) is 11.1 Å². The Kier molecular flexibility index (Phi) is 3.45. The molecule has 4 nitrogen and oxygen atoms in total. The highest BCUT2D eigenvalue weighted by Crippen LogP contribution is 2.15. The number of aromatic nitrogens is 2. The number of halogens is 2. The number of hydrogen-bond acceptors (Lipinski definition) is 3. The highest BCUT2D eigenvalue weighted by molar-refractivity contribution is 6.33. The van der Waals surface area contributed by atoms with E-state index in [1.807, 2.05) is 14.1 Å². The Bertz CT molecular complexity index is 304. The van der Waals surface area contributed by atoms with E-state index in [1.165, 1.54) is 6.07 Å². The monoisotopic (exact) mass is 218 g/mol. The summed E-state index contributed by atoms with van der Waals surface area (Å²) in [5, 5.41) is 0.566. The molecule has 0 radical (unpaired) electrons. The fourth-order valence-electron chi connectivity index (χ4n) is 0.604. The topological polar surface area (TPSA) is 41.4 Å². The van der Waals surface area contributed by atoms with Crippen LogP contribution in [0.2, 0.25) is 10.3 Å². The van der Waals surface area contributed by atoms with Crippen LogP contribution in [0.4, 0.5) is 5.95 Å². The van der Waals surface area contributed by atoms with Gasteiger partial charge < -0.3 is 4.90 Å². The van der Waals surface area contributed by atoms with Gasteiger partial charge in [-0.1, -0.05) is 23.2 Å². The molecule has 0 bridgehead atoms. The van der Waals surface area contributed by atoms with Gasteiger partial charge in [0.2, 0.25) is 0 Å². The molecule has 0 unspecified atom stereocenters. The molecule has 0 aliphatic carbocycles. The molecule has 0 atom stereocenters. The van der Waals surface area contributed by atoms with Crippen molar-refractivity contribution < 1.29 is 0 Å². The first-order chi connectivity index (χ1) is 6.08. The van der Waals surface area contributed by atoms with Crippen molar-refractivity contribution in [1.82, 2.24) is 14.9 Å². The van der Waals surface area contributed by atoms with E-state index in [9.17, 15) is 0 Å². The molecule has 0 amide bonds. The van der Waals surface area contributed by atoms with Crippen molar-refractivity contribution in [3.63, 3.8) is 0 Å². The van der Waals surface area contributed by atoms with E-state index >= 15 is 0 Å². The summed E-state index contributed by atoms with van der Waals surface area (Å²) in [4.78, 5) is 13.4. The summed E-state index contributed by atoms with van der Waals surface area (Å²) in [7, 11) is 3.69. The van der Waals surface area contributed by atoms with E-state index in [4.69, 9.17) is 23.2 Å². The largest absolute Gasteiger partial charge is 0.369 e. The molecule has 0 saturated carbocycles. The van der Waals surface area contributed by atoms with Gasteiger partial charge in [-0.2, -0.15) is 9.97 Å². The van der Waals surface area contributed by atoms with Gasteiger partial charge in [0, 0.05) is 20.2 Å². The van der Waals surface area contributed by atoms with Crippen LogP contribution in [0.25, 0.3) is 0 Å². The van der Waals surface area contributed by atoms with Crippen LogP contribution >= 0.6 is 23.2 Å². The van der Waals surface area contributed by atoms with Gasteiger partial charge in [0.15, 0.2) is 0 Å². The quantitative estimate of drug-likeness (QED) is 0.434. The van der Waals surface area contributed by atoms with Crippen LogP contribution in [-0.4, -0.2) is 35.3 Å². The maximum Gasteiger partial charge on any atom is 0.253 e. The summed E-state index contributed by atoms with van der Waals surface area (Å²) in [6, 6.07) is 1.46. The van der Waals surface area contributed by atoms with Crippen molar-refractivity contribution in [2.45, 2.75) is 0 Å². The lowest BCUT2D eigenvalue weighted by molar-refractivity contribution is 0.642. The molecular formula is C7H8Cl2N4. The van der Waals surface area contributed by atoms with Crippen LogP contribution in [0, 0.1) is 0 Å². The third kappa shape index (κ3) is 3.57. The molecule has 1 aromatic heterocycles. The van der Waals surface area contributed by atoms with Crippen molar-refractivity contribution >= 4 is 35.5 Å². The van der Waals surface area contributed by atoms with Crippen molar-refractivity contribution in [2.75, 3.05) is 14.1 Å². The lowest BCUT2D eigenvalue weighted by atomic mass is 10.7. The molecule has 0 saturated heterocycles. The predicted octanol–water partition coefficient (Wildman–Crippen LogP) is 2.00. The second kappa shape index (κ2) is 4.39. The molecule has 0 aliphatic heterocycles. The van der Waals surface area contributed by atoms with Crippen molar-refractivity contribution in [3.05, 3.63) is 16.4 Å². The van der Waals surface area contributed by atoms with E-state index < -0.39 is 0 Å². The fraction of sp³-hybridized carbons (Fsp3) is 0.286. The van der Waals surface area contributed by atoms with Gasteiger partial charge in [-0.25, -0.2) is 4.99 Å². The smallest absolute Gasteiger partial charge is 0.253 e. The van der Waals surface area contributed by atoms with Crippen LogP contribution in [0.1, 0.15) is 0 Å². The van der Waals surface area contributed by atoms with Gasteiger partial charge in [-0.3, -0.25) is 0 Å². The van der Waals surface area contributed by atoms with E-state index in [0.717, 1.165) is 0 Å². The Hall–Kier alpha value is -0.870. The standard InChI is InChI=1S/C7H8Cl2N4/c1-13(2)4-10-7-11-5(8)3-6(9)12-7/h3-4H,1-2H3. The zero-order valence-corrected chi connectivity index (χ0v) is 8.71. The Labute approximate surface area is 86.2 Å². The zero-order valence-electron chi connectivity index (χ0n) is 7.20. The molecule has 13 heavy (non-hydrogen) atoms. The van der Waals surface area contributed by atoms with E-state index in [2.05, 4.69) is 15.0 Å². The fourth-order valence-corrected chi connectivity index (χ4v) is 1.02. The summed E-state index contributed by atoms with van der Waals surface area (Å²) in [5.41, 5.74) is 0.